The van der Waals surface area contributed by atoms with Crippen LogP contribution in [0.5, 0.6) is 0 Å². The zero-order valence-corrected chi connectivity index (χ0v) is 14.6. The molecule has 2 amide bonds. The summed E-state index contributed by atoms with van der Waals surface area (Å²) in [5, 5.41) is 10.8. The van der Waals surface area contributed by atoms with Gasteiger partial charge in [0.05, 0.1) is 11.4 Å². The van der Waals surface area contributed by atoms with E-state index < -0.39 is 9.84 Å². The Morgan fingerprint density at radius 1 is 1.16 bits per heavy atom. The van der Waals surface area contributed by atoms with Crippen LogP contribution in [0.4, 0.5) is 10.5 Å². The highest BCUT2D eigenvalue weighted by Gasteiger charge is 2.14. The van der Waals surface area contributed by atoms with E-state index in [4.69, 9.17) is 0 Å². The number of carbonyl (C=O) groups excluding carboxylic acids is 1. The van der Waals surface area contributed by atoms with Crippen molar-refractivity contribution < 1.29 is 13.2 Å². The summed E-state index contributed by atoms with van der Waals surface area (Å²) in [6, 6.07) is 11.2. The molecule has 3 rings (SSSR count). The molecule has 0 fully saturated rings. The van der Waals surface area contributed by atoms with Crippen molar-refractivity contribution in [3.05, 3.63) is 54.5 Å². The Bertz CT molecular complexity index is 1010. The molecule has 0 spiro atoms. The number of benzene rings is 1. The Hall–Kier alpha value is -2.94. The Kier molecular flexibility index (Phi) is 4.41. The third kappa shape index (κ3) is 3.77. The van der Waals surface area contributed by atoms with Gasteiger partial charge in [0.2, 0.25) is 0 Å². The molecule has 0 unspecified atom stereocenters. The van der Waals surface area contributed by atoms with E-state index in [-0.39, 0.29) is 17.5 Å². The lowest BCUT2D eigenvalue weighted by Crippen LogP contribution is -2.31. The largest absolute Gasteiger partial charge is 0.321 e. The van der Waals surface area contributed by atoms with Crippen LogP contribution in [0.3, 0.4) is 0 Å². The summed E-state index contributed by atoms with van der Waals surface area (Å²) in [5.41, 5.74) is 1.22. The van der Waals surface area contributed by atoms with Gasteiger partial charge in [0.25, 0.3) is 0 Å². The van der Waals surface area contributed by atoms with Gasteiger partial charge in [-0.1, -0.05) is 6.07 Å². The van der Waals surface area contributed by atoms with Gasteiger partial charge in [-0.2, -0.15) is 0 Å². The first-order chi connectivity index (χ1) is 11.8. The van der Waals surface area contributed by atoms with Gasteiger partial charge in [0.15, 0.2) is 21.3 Å². The molecule has 0 saturated heterocycles. The number of sulfone groups is 1. The molecule has 1 N–H and O–H groups in total. The van der Waals surface area contributed by atoms with E-state index >= 15 is 0 Å². The van der Waals surface area contributed by atoms with Gasteiger partial charge < -0.3 is 10.2 Å². The Labute approximate surface area is 145 Å². The highest BCUT2D eigenvalue weighted by molar-refractivity contribution is 7.90. The Morgan fingerprint density at radius 3 is 2.56 bits per heavy atom. The molecule has 130 valence electrons. The minimum absolute atomic E-state index is 0.203. The lowest BCUT2D eigenvalue weighted by Gasteiger charge is -2.17. The molecule has 0 bridgehead atoms. The van der Waals surface area contributed by atoms with E-state index in [0.717, 1.165) is 6.26 Å². The lowest BCUT2D eigenvalue weighted by atomic mass is 10.3. The number of pyridine rings is 1. The lowest BCUT2D eigenvalue weighted by molar-refractivity contribution is 0.219. The monoisotopic (exact) mass is 359 g/mol. The summed E-state index contributed by atoms with van der Waals surface area (Å²) >= 11 is 0. The van der Waals surface area contributed by atoms with Crippen LogP contribution < -0.4 is 5.32 Å². The van der Waals surface area contributed by atoms with E-state index in [9.17, 15) is 13.2 Å². The van der Waals surface area contributed by atoms with E-state index in [2.05, 4.69) is 15.5 Å². The van der Waals surface area contributed by atoms with Crippen molar-refractivity contribution >= 4 is 27.2 Å². The van der Waals surface area contributed by atoms with E-state index in [1.165, 1.54) is 17.0 Å². The number of aromatic nitrogens is 3. The summed E-state index contributed by atoms with van der Waals surface area (Å²) in [4.78, 5) is 14.0. The van der Waals surface area contributed by atoms with Gasteiger partial charge in [0, 0.05) is 25.2 Å². The standard InChI is InChI=1S/C16H17N5O3S/c1-20(11-15-19-18-14-5-3-4-10-21(14)15)16(22)17-12-6-8-13(9-7-12)25(2,23)24/h3-10H,11H2,1-2H3,(H,17,22). The predicted molar refractivity (Wildman–Crippen MR) is 93.0 cm³/mol. The molecule has 0 aliphatic heterocycles. The summed E-state index contributed by atoms with van der Waals surface area (Å²) in [7, 11) is -1.62. The minimum Gasteiger partial charge on any atom is -0.320 e. The molecule has 0 aliphatic rings. The molecule has 2 heterocycles. The fourth-order valence-electron chi connectivity index (χ4n) is 2.29. The van der Waals surface area contributed by atoms with Gasteiger partial charge in [-0.05, 0) is 36.4 Å². The van der Waals surface area contributed by atoms with Crippen molar-refractivity contribution in [1.29, 1.82) is 0 Å². The number of hydrogen-bond donors (Lipinski definition) is 1. The van der Waals surface area contributed by atoms with Crippen LogP contribution in [0.2, 0.25) is 0 Å². The number of carbonyl (C=O) groups is 1. The fraction of sp³-hybridized carbons (Fsp3) is 0.188. The second-order valence-corrected chi connectivity index (χ2v) is 7.64. The van der Waals surface area contributed by atoms with Crippen LogP contribution in [-0.4, -0.2) is 47.3 Å². The molecular weight excluding hydrogens is 342 g/mol. The van der Waals surface area contributed by atoms with Crippen molar-refractivity contribution in [3.63, 3.8) is 0 Å². The molecule has 3 aromatic rings. The van der Waals surface area contributed by atoms with Crippen molar-refractivity contribution in [1.82, 2.24) is 19.5 Å². The number of fused-ring (bicyclic) bond motifs is 1. The first-order valence-corrected chi connectivity index (χ1v) is 9.34. The summed E-state index contributed by atoms with van der Waals surface area (Å²) in [6.45, 7) is 0.276. The minimum atomic E-state index is -3.26. The summed E-state index contributed by atoms with van der Waals surface area (Å²) in [6.07, 6.45) is 2.97. The smallest absolute Gasteiger partial charge is 0.320 e. The predicted octanol–water partition coefficient (Wildman–Crippen LogP) is 1.80. The van der Waals surface area contributed by atoms with Crippen LogP contribution in [-0.2, 0) is 16.4 Å². The van der Waals surface area contributed by atoms with Gasteiger partial charge in [0.1, 0.15) is 0 Å². The van der Waals surface area contributed by atoms with Crippen LogP contribution in [0, 0.1) is 0 Å². The first kappa shape index (κ1) is 16.9. The third-order valence-corrected chi connectivity index (χ3v) is 4.77. The van der Waals surface area contributed by atoms with Crippen LogP contribution >= 0.6 is 0 Å². The van der Waals surface area contributed by atoms with E-state index in [1.807, 2.05) is 28.8 Å². The summed E-state index contributed by atoms with van der Waals surface area (Å²) < 4.78 is 24.7. The van der Waals surface area contributed by atoms with Crippen LogP contribution in [0.1, 0.15) is 5.82 Å². The maximum Gasteiger partial charge on any atom is 0.321 e. The molecule has 2 aromatic heterocycles. The topological polar surface area (TPSA) is 96.7 Å². The normalized spacial score (nSPS) is 11.4. The molecule has 0 saturated carbocycles. The van der Waals surface area contributed by atoms with Gasteiger partial charge in [-0.15, -0.1) is 10.2 Å². The SMILES string of the molecule is CN(Cc1nnc2ccccn12)C(=O)Nc1ccc(S(C)(=O)=O)cc1. The van der Waals surface area contributed by atoms with Crippen molar-refractivity contribution in [2.75, 3.05) is 18.6 Å². The second-order valence-electron chi connectivity index (χ2n) is 5.63. The van der Waals surface area contributed by atoms with Crippen LogP contribution in [0.15, 0.2) is 53.6 Å². The molecule has 0 radical (unpaired) electrons. The molecule has 25 heavy (non-hydrogen) atoms. The van der Waals surface area contributed by atoms with E-state index in [1.54, 1.807) is 19.2 Å². The van der Waals surface area contributed by atoms with Gasteiger partial charge in [-0.25, -0.2) is 13.2 Å². The third-order valence-electron chi connectivity index (χ3n) is 3.64. The van der Waals surface area contributed by atoms with Crippen molar-refractivity contribution in [3.8, 4) is 0 Å². The number of anilines is 1. The fourth-order valence-corrected chi connectivity index (χ4v) is 2.92. The van der Waals surface area contributed by atoms with Gasteiger partial charge >= 0.3 is 6.03 Å². The van der Waals surface area contributed by atoms with Crippen molar-refractivity contribution in [2.24, 2.45) is 0 Å². The number of urea groups is 1. The van der Waals surface area contributed by atoms with Crippen LogP contribution in [0.25, 0.3) is 5.65 Å². The molecular formula is C16H17N5O3S. The second kappa shape index (κ2) is 6.52. The molecule has 8 nitrogen and oxygen atoms in total. The van der Waals surface area contributed by atoms with Crippen molar-refractivity contribution in [2.45, 2.75) is 11.4 Å². The number of hydrogen-bond acceptors (Lipinski definition) is 5. The maximum absolute atomic E-state index is 12.3. The molecule has 0 aliphatic carbocycles. The average Bonchev–Trinajstić information content (AvgIpc) is 2.97. The quantitative estimate of drug-likeness (QED) is 0.766. The van der Waals surface area contributed by atoms with Gasteiger partial charge in [-0.3, -0.25) is 4.40 Å². The highest BCUT2D eigenvalue weighted by atomic mass is 32.2. The highest BCUT2D eigenvalue weighted by Crippen LogP contribution is 2.14. The number of amides is 2. The molecule has 9 heteroatoms. The Balaban J connectivity index is 1.68. The zero-order valence-electron chi connectivity index (χ0n) is 13.7. The maximum atomic E-state index is 12.3. The number of nitrogens with zero attached hydrogens (tertiary/aromatic N) is 4. The van der Waals surface area contributed by atoms with E-state index in [0.29, 0.717) is 17.2 Å². The first-order valence-electron chi connectivity index (χ1n) is 7.45. The molecule has 0 atom stereocenters. The number of nitrogens with one attached hydrogen (secondary N) is 1. The average molecular weight is 359 g/mol. The molecule has 1 aromatic carbocycles. The zero-order chi connectivity index (χ0) is 18.0. The summed E-state index contributed by atoms with van der Waals surface area (Å²) in [5.74, 6) is 0.640. The Morgan fingerprint density at radius 2 is 1.88 bits per heavy atom. The number of rotatable bonds is 4.